The highest BCUT2D eigenvalue weighted by atomic mass is 32.2. The van der Waals surface area contributed by atoms with Crippen molar-refractivity contribution in [2.24, 2.45) is 0 Å². The molecule has 0 aliphatic heterocycles. The number of nitrogens with zero attached hydrogens (tertiary/aromatic N) is 3. The van der Waals surface area contributed by atoms with E-state index >= 15 is 0 Å². The van der Waals surface area contributed by atoms with E-state index < -0.39 is 0 Å². The van der Waals surface area contributed by atoms with Crippen LogP contribution in [0.1, 0.15) is 50.0 Å². The molecule has 6 heteroatoms. The molecular weight excluding hydrogens is 368 g/mol. The third kappa shape index (κ3) is 3.65. The van der Waals surface area contributed by atoms with E-state index in [1.807, 2.05) is 37.3 Å². The lowest BCUT2D eigenvalue weighted by Crippen LogP contribution is -2.23. The van der Waals surface area contributed by atoms with Crippen LogP contribution in [0.3, 0.4) is 0 Å². The second-order valence-electron chi connectivity index (χ2n) is 7.50. The first-order chi connectivity index (χ1) is 13.5. The van der Waals surface area contributed by atoms with Gasteiger partial charge in [0.1, 0.15) is 0 Å². The van der Waals surface area contributed by atoms with E-state index in [9.17, 15) is 4.79 Å². The maximum absolute atomic E-state index is 12.9. The molecular formula is C22H26N4OS. The number of hydrogen-bond acceptors (Lipinski definition) is 4. The number of anilines is 1. The van der Waals surface area contributed by atoms with Gasteiger partial charge >= 0.3 is 0 Å². The number of aromatic nitrogens is 3. The quantitative estimate of drug-likeness (QED) is 0.598. The van der Waals surface area contributed by atoms with E-state index in [2.05, 4.69) is 28.7 Å². The highest BCUT2D eigenvalue weighted by molar-refractivity contribution is 8.00. The standard InChI is InChI=1S/C22H26N4OS/c1-14-15(2)26(17-8-4-5-9-17)22(24-14)28-16(3)21(27)25-20-12-6-11-19-18(20)10-7-13-23-19/h6-7,10-13,16-17H,4-5,8-9H2,1-3H3,(H,25,27). The number of benzene rings is 1. The SMILES string of the molecule is Cc1nc(SC(C)C(=O)Nc2cccc3ncccc23)n(C2CCCC2)c1C. The van der Waals surface area contributed by atoms with Crippen LogP contribution in [0, 0.1) is 13.8 Å². The van der Waals surface area contributed by atoms with E-state index in [0.717, 1.165) is 27.4 Å². The Kier molecular flexibility index (Phi) is 5.40. The van der Waals surface area contributed by atoms with E-state index in [-0.39, 0.29) is 11.2 Å². The smallest absolute Gasteiger partial charge is 0.237 e. The summed E-state index contributed by atoms with van der Waals surface area (Å²) in [5.74, 6) is -0.0161. The molecule has 146 valence electrons. The van der Waals surface area contributed by atoms with Gasteiger partial charge < -0.3 is 9.88 Å². The number of amides is 1. The minimum absolute atomic E-state index is 0.0161. The highest BCUT2D eigenvalue weighted by Crippen LogP contribution is 2.36. The Labute approximate surface area is 170 Å². The van der Waals surface area contributed by atoms with Gasteiger partial charge in [0.2, 0.25) is 5.91 Å². The average Bonchev–Trinajstić information content (AvgIpc) is 3.30. The summed E-state index contributed by atoms with van der Waals surface area (Å²) in [5, 5.41) is 4.75. The van der Waals surface area contributed by atoms with Gasteiger partial charge in [-0.25, -0.2) is 4.98 Å². The first kappa shape index (κ1) is 19.0. The molecule has 3 aromatic rings. The largest absolute Gasteiger partial charge is 0.324 e. The number of fused-ring (bicyclic) bond motifs is 1. The average molecular weight is 395 g/mol. The molecule has 0 bridgehead atoms. The van der Waals surface area contributed by atoms with Crippen molar-refractivity contribution < 1.29 is 4.79 Å². The predicted molar refractivity (Wildman–Crippen MR) is 115 cm³/mol. The molecule has 1 unspecified atom stereocenters. The molecule has 1 amide bonds. The number of carbonyl (C=O) groups excluding carboxylic acids is 1. The minimum atomic E-state index is -0.242. The third-order valence-corrected chi connectivity index (χ3v) is 6.67. The number of rotatable bonds is 5. The number of imidazole rings is 1. The lowest BCUT2D eigenvalue weighted by molar-refractivity contribution is -0.115. The van der Waals surface area contributed by atoms with Crippen molar-refractivity contribution in [1.82, 2.24) is 14.5 Å². The molecule has 1 atom stereocenters. The maximum Gasteiger partial charge on any atom is 0.237 e. The molecule has 0 spiro atoms. The van der Waals surface area contributed by atoms with Gasteiger partial charge in [-0.05, 0) is 57.9 Å². The molecule has 5 nitrogen and oxygen atoms in total. The zero-order valence-electron chi connectivity index (χ0n) is 16.6. The Morgan fingerprint density at radius 1 is 1.21 bits per heavy atom. The van der Waals surface area contributed by atoms with Crippen molar-refractivity contribution >= 4 is 34.3 Å². The Hall–Kier alpha value is -2.34. The Morgan fingerprint density at radius 3 is 2.79 bits per heavy atom. The zero-order valence-corrected chi connectivity index (χ0v) is 17.4. The topological polar surface area (TPSA) is 59.8 Å². The van der Waals surface area contributed by atoms with Gasteiger partial charge in [-0.2, -0.15) is 0 Å². The van der Waals surface area contributed by atoms with Gasteiger partial charge in [0.25, 0.3) is 0 Å². The Morgan fingerprint density at radius 2 is 2.00 bits per heavy atom. The third-order valence-electron chi connectivity index (χ3n) is 5.60. The van der Waals surface area contributed by atoms with Gasteiger partial charge in [-0.3, -0.25) is 9.78 Å². The van der Waals surface area contributed by atoms with E-state index in [0.29, 0.717) is 6.04 Å². The van der Waals surface area contributed by atoms with Crippen LogP contribution in [0.25, 0.3) is 10.9 Å². The number of nitrogens with one attached hydrogen (secondary N) is 1. The van der Waals surface area contributed by atoms with Crippen molar-refractivity contribution in [3.05, 3.63) is 47.9 Å². The molecule has 1 aromatic carbocycles. The van der Waals surface area contributed by atoms with Crippen molar-refractivity contribution in [2.75, 3.05) is 5.32 Å². The van der Waals surface area contributed by atoms with Crippen LogP contribution in [0.4, 0.5) is 5.69 Å². The molecule has 1 aliphatic carbocycles. The van der Waals surface area contributed by atoms with E-state index in [1.54, 1.807) is 18.0 Å². The van der Waals surface area contributed by atoms with Crippen molar-refractivity contribution in [3.63, 3.8) is 0 Å². The summed E-state index contributed by atoms with van der Waals surface area (Å²) >= 11 is 1.55. The maximum atomic E-state index is 12.9. The molecule has 2 aromatic heterocycles. The van der Waals surface area contributed by atoms with Crippen LogP contribution in [-0.2, 0) is 4.79 Å². The van der Waals surface area contributed by atoms with Gasteiger partial charge in [0, 0.05) is 23.3 Å². The van der Waals surface area contributed by atoms with Gasteiger partial charge in [-0.1, -0.05) is 30.7 Å². The predicted octanol–water partition coefficient (Wildman–Crippen LogP) is 5.28. The molecule has 4 rings (SSSR count). The van der Waals surface area contributed by atoms with Crippen LogP contribution in [0.15, 0.2) is 41.7 Å². The molecule has 1 N–H and O–H groups in total. The summed E-state index contributed by atoms with van der Waals surface area (Å²) in [6, 6.07) is 10.2. The lowest BCUT2D eigenvalue weighted by Gasteiger charge is -2.19. The molecule has 1 fully saturated rings. The van der Waals surface area contributed by atoms with Crippen LogP contribution < -0.4 is 5.32 Å². The van der Waals surface area contributed by atoms with Gasteiger partial charge in [0.05, 0.1) is 22.1 Å². The second-order valence-corrected chi connectivity index (χ2v) is 8.81. The summed E-state index contributed by atoms with van der Waals surface area (Å²) in [6.07, 6.45) is 6.72. The number of hydrogen-bond donors (Lipinski definition) is 1. The molecule has 1 aliphatic rings. The van der Waals surface area contributed by atoms with Gasteiger partial charge in [0.15, 0.2) is 5.16 Å². The fourth-order valence-electron chi connectivity index (χ4n) is 3.93. The van der Waals surface area contributed by atoms with E-state index in [1.165, 1.54) is 31.4 Å². The summed E-state index contributed by atoms with van der Waals surface area (Å²) in [6.45, 7) is 6.14. The molecule has 2 heterocycles. The van der Waals surface area contributed by atoms with Crippen molar-refractivity contribution in [1.29, 1.82) is 0 Å². The minimum Gasteiger partial charge on any atom is -0.324 e. The molecule has 0 saturated heterocycles. The number of pyridine rings is 1. The van der Waals surface area contributed by atoms with E-state index in [4.69, 9.17) is 4.98 Å². The van der Waals surface area contributed by atoms with Crippen molar-refractivity contribution in [3.8, 4) is 0 Å². The van der Waals surface area contributed by atoms with Gasteiger partial charge in [-0.15, -0.1) is 0 Å². The van der Waals surface area contributed by atoms with Crippen molar-refractivity contribution in [2.45, 2.75) is 62.9 Å². The fraction of sp³-hybridized carbons (Fsp3) is 0.409. The zero-order chi connectivity index (χ0) is 19.7. The van der Waals surface area contributed by atoms with Crippen LogP contribution in [-0.4, -0.2) is 25.7 Å². The molecule has 0 radical (unpaired) electrons. The first-order valence-electron chi connectivity index (χ1n) is 9.91. The normalized spacial score (nSPS) is 15.8. The summed E-state index contributed by atoms with van der Waals surface area (Å²) < 4.78 is 2.36. The summed E-state index contributed by atoms with van der Waals surface area (Å²) in [5.41, 5.74) is 3.96. The number of aryl methyl sites for hydroxylation is 1. The Balaban J connectivity index is 1.53. The monoisotopic (exact) mass is 394 g/mol. The number of carbonyl (C=O) groups is 1. The molecule has 28 heavy (non-hydrogen) atoms. The summed E-state index contributed by atoms with van der Waals surface area (Å²) in [7, 11) is 0. The highest BCUT2D eigenvalue weighted by Gasteiger charge is 2.26. The van der Waals surface area contributed by atoms with Crippen LogP contribution in [0.2, 0.25) is 0 Å². The van der Waals surface area contributed by atoms with Crippen LogP contribution in [0.5, 0.6) is 0 Å². The number of thioether (sulfide) groups is 1. The second kappa shape index (κ2) is 7.95. The van der Waals surface area contributed by atoms with Crippen LogP contribution >= 0.6 is 11.8 Å². The summed E-state index contributed by atoms with van der Waals surface area (Å²) in [4.78, 5) is 22.0. The molecule has 1 saturated carbocycles. The Bertz CT molecular complexity index is 1000. The first-order valence-corrected chi connectivity index (χ1v) is 10.8. The lowest BCUT2D eigenvalue weighted by atomic mass is 10.2. The fourth-order valence-corrected chi connectivity index (χ4v) is 5.00.